The molecule has 0 bridgehead atoms. The number of nitrogens with two attached hydrogens (primary N) is 1. The molecule has 94 valence electrons. The zero-order chi connectivity index (χ0) is 12.4. The fourth-order valence-electron chi connectivity index (χ4n) is 2.55. The normalized spacial score (nSPS) is 26.1. The zero-order valence-electron chi connectivity index (χ0n) is 10.00. The number of hydrogen-bond donors (Lipinski definition) is 1. The van der Waals surface area contributed by atoms with Gasteiger partial charge >= 0.3 is 0 Å². The van der Waals surface area contributed by atoms with E-state index >= 15 is 0 Å². The molecule has 0 aliphatic carbocycles. The number of hydrogen-bond acceptors (Lipinski definition) is 2. The van der Waals surface area contributed by atoms with Gasteiger partial charge in [-0.3, -0.25) is 4.90 Å². The highest BCUT2D eigenvalue weighted by Gasteiger charge is 2.23. The third kappa shape index (κ3) is 3.01. The van der Waals surface area contributed by atoms with Crippen LogP contribution in [0.25, 0.3) is 0 Å². The maximum absolute atomic E-state index is 13.5. The molecule has 1 saturated heterocycles. The van der Waals surface area contributed by atoms with Crippen molar-refractivity contribution in [3.8, 4) is 0 Å². The van der Waals surface area contributed by atoms with Gasteiger partial charge in [-0.2, -0.15) is 0 Å². The van der Waals surface area contributed by atoms with E-state index in [-0.39, 0.29) is 6.04 Å². The second-order valence-electron chi connectivity index (χ2n) is 5.01. The van der Waals surface area contributed by atoms with Crippen molar-refractivity contribution in [2.75, 3.05) is 13.1 Å². The van der Waals surface area contributed by atoms with E-state index in [0.29, 0.717) is 18.0 Å². The maximum Gasteiger partial charge on any atom is 0.163 e. The molecule has 17 heavy (non-hydrogen) atoms. The number of rotatable bonds is 2. The first-order valence-electron chi connectivity index (χ1n) is 5.97. The first kappa shape index (κ1) is 12.5. The Morgan fingerprint density at radius 2 is 2.12 bits per heavy atom. The lowest BCUT2D eigenvalue weighted by molar-refractivity contribution is 0.156. The SMILES string of the molecule is CC1CC(N)CN(Cc2cccc(F)c2F)C1. The average molecular weight is 240 g/mol. The van der Waals surface area contributed by atoms with Crippen LogP contribution in [0.2, 0.25) is 0 Å². The third-order valence-electron chi connectivity index (χ3n) is 3.19. The van der Waals surface area contributed by atoms with Gasteiger partial charge in [-0.15, -0.1) is 0 Å². The molecule has 0 radical (unpaired) electrons. The summed E-state index contributed by atoms with van der Waals surface area (Å²) in [4.78, 5) is 2.09. The quantitative estimate of drug-likeness (QED) is 0.858. The van der Waals surface area contributed by atoms with Gasteiger partial charge < -0.3 is 5.73 Å². The van der Waals surface area contributed by atoms with Crippen molar-refractivity contribution in [2.24, 2.45) is 11.7 Å². The van der Waals surface area contributed by atoms with Crippen LogP contribution in [0.3, 0.4) is 0 Å². The Bertz CT molecular complexity index is 385. The molecule has 0 spiro atoms. The van der Waals surface area contributed by atoms with Gasteiger partial charge in [-0.05, 0) is 18.4 Å². The summed E-state index contributed by atoms with van der Waals surface area (Å²) in [6.07, 6.45) is 1.00. The van der Waals surface area contributed by atoms with Gasteiger partial charge in [-0.1, -0.05) is 19.1 Å². The number of halogens is 2. The predicted octanol–water partition coefficient (Wildman–Crippen LogP) is 2.13. The summed E-state index contributed by atoms with van der Waals surface area (Å²) >= 11 is 0. The summed E-state index contributed by atoms with van der Waals surface area (Å²) < 4.78 is 26.6. The van der Waals surface area contributed by atoms with Gasteiger partial charge in [0.05, 0.1) is 0 Å². The molecule has 0 saturated carbocycles. The van der Waals surface area contributed by atoms with E-state index in [1.165, 1.54) is 0 Å². The molecule has 0 amide bonds. The standard InChI is InChI=1S/C13H18F2N2/c1-9-5-11(16)8-17(6-9)7-10-3-2-4-12(14)13(10)15/h2-4,9,11H,5-8,16H2,1H3. The molecule has 4 heteroatoms. The van der Waals surface area contributed by atoms with Crippen LogP contribution in [-0.2, 0) is 6.54 Å². The number of likely N-dealkylation sites (tertiary alicyclic amines) is 1. The van der Waals surface area contributed by atoms with Crippen LogP contribution in [0.5, 0.6) is 0 Å². The Labute approximate surface area is 100 Å². The minimum Gasteiger partial charge on any atom is -0.327 e. The topological polar surface area (TPSA) is 29.3 Å². The van der Waals surface area contributed by atoms with Crippen LogP contribution < -0.4 is 5.73 Å². The fourth-order valence-corrected chi connectivity index (χ4v) is 2.55. The second kappa shape index (κ2) is 5.10. The van der Waals surface area contributed by atoms with Crippen LogP contribution in [0.4, 0.5) is 8.78 Å². The molecule has 2 nitrogen and oxygen atoms in total. The molecular formula is C13H18F2N2. The first-order chi connectivity index (χ1) is 8.06. The van der Waals surface area contributed by atoms with E-state index in [1.807, 2.05) is 0 Å². The molecule has 2 atom stereocenters. The monoisotopic (exact) mass is 240 g/mol. The van der Waals surface area contributed by atoms with Crippen molar-refractivity contribution < 1.29 is 8.78 Å². The Hall–Kier alpha value is -1.00. The highest BCUT2D eigenvalue weighted by Crippen LogP contribution is 2.19. The average Bonchev–Trinajstić information content (AvgIpc) is 2.23. The molecule has 2 rings (SSSR count). The van der Waals surface area contributed by atoms with Gasteiger partial charge in [0, 0.05) is 31.2 Å². The van der Waals surface area contributed by atoms with E-state index < -0.39 is 11.6 Å². The third-order valence-corrected chi connectivity index (χ3v) is 3.19. The van der Waals surface area contributed by atoms with E-state index in [4.69, 9.17) is 5.73 Å². The van der Waals surface area contributed by atoms with Crippen molar-refractivity contribution in [1.29, 1.82) is 0 Å². The lowest BCUT2D eigenvalue weighted by Crippen LogP contribution is -2.45. The lowest BCUT2D eigenvalue weighted by Gasteiger charge is -2.34. The predicted molar refractivity (Wildman–Crippen MR) is 63.4 cm³/mol. The van der Waals surface area contributed by atoms with Gasteiger partial charge in [-0.25, -0.2) is 8.78 Å². The summed E-state index contributed by atoms with van der Waals surface area (Å²) in [5.41, 5.74) is 6.34. The van der Waals surface area contributed by atoms with Gasteiger partial charge in [0.2, 0.25) is 0 Å². The molecule has 1 aromatic rings. The summed E-state index contributed by atoms with van der Waals surface area (Å²) in [6, 6.07) is 4.45. The molecule has 1 aromatic carbocycles. The highest BCUT2D eigenvalue weighted by molar-refractivity contribution is 5.19. The van der Waals surface area contributed by atoms with Crippen LogP contribution >= 0.6 is 0 Å². The Morgan fingerprint density at radius 3 is 2.82 bits per heavy atom. The minimum absolute atomic E-state index is 0.135. The van der Waals surface area contributed by atoms with Crippen LogP contribution in [0, 0.1) is 17.6 Å². The first-order valence-corrected chi connectivity index (χ1v) is 5.97. The van der Waals surface area contributed by atoms with Gasteiger partial charge in [0.1, 0.15) is 0 Å². The fraction of sp³-hybridized carbons (Fsp3) is 0.538. The van der Waals surface area contributed by atoms with Crippen LogP contribution in [0.15, 0.2) is 18.2 Å². The largest absolute Gasteiger partial charge is 0.327 e. The molecule has 0 aromatic heterocycles. The Morgan fingerprint density at radius 1 is 1.35 bits per heavy atom. The van der Waals surface area contributed by atoms with E-state index in [9.17, 15) is 8.78 Å². The molecular weight excluding hydrogens is 222 g/mol. The molecule has 1 heterocycles. The van der Waals surface area contributed by atoms with Crippen molar-refractivity contribution in [2.45, 2.75) is 25.9 Å². The van der Waals surface area contributed by atoms with Crippen LogP contribution in [0.1, 0.15) is 18.9 Å². The van der Waals surface area contributed by atoms with Crippen LogP contribution in [-0.4, -0.2) is 24.0 Å². The van der Waals surface area contributed by atoms with Gasteiger partial charge in [0.15, 0.2) is 11.6 Å². The van der Waals surface area contributed by atoms with Crippen molar-refractivity contribution in [3.05, 3.63) is 35.4 Å². The summed E-state index contributed by atoms with van der Waals surface area (Å²) in [6.45, 7) is 4.21. The minimum atomic E-state index is -0.781. The summed E-state index contributed by atoms with van der Waals surface area (Å²) in [5, 5.41) is 0. The zero-order valence-corrected chi connectivity index (χ0v) is 10.00. The number of nitrogens with zero attached hydrogens (tertiary/aromatic N) is 1. The van der Waals surface area contributed by atoms with E-state index in [1.54, 1.807) is 12.1 Å². The van der Waals surface area contributed by atoms with E-state index in [0.717, 1.165) is 25.6 Å². The Kier molecular flexibility index (Phi) is 3.74. The molecule has 1 aliphatic rings. The number of benzene rings is 1. The maximum atomic E-state index is 13.5. The molecule has 2 N–H and O–H groups in total. The van der Waals surface area contributed by atoms with Crippen molar-refractivity contribution in [1.82, 2.24) is 4.90 Å². The molecule has 2 unspecified atom stereocenters. The van der Waals surface area contributed by atoms with Gasteiger partial charge in [0.25, 0.3) is 0 Å². The molecule has 1 aliphatic heterocycles. The number of piperidine rings is 1. The summed E-state index contributed by atoms with van der Waals surface area (Å²) in [5.74, 6) is -1.01. The Balaban J connectivity index is 2.07. The second-order valence-corrected chi connectivity index (χ2v) is 5.01. The smallest absolute Gasteiger partial charge is 0.163 e. The summed E-state index contributed by atoms with van der Waals surface area (Å²) in [7, 11) is 0. The molecule has 1 fully saturated rings. The lowest BCUT2D eigenvalue weighted by atomic mass is 9.96. The highest BCUT2D eigenvalue weighted by atomic mass is 19.2. The van der Waals surface area contributed by atoms with E-state index in [2.05, 4.69) is 11.8 Å². The van der Waals surface area contributed by atoms with Crippen molar-refractivity contribution >= 4 is 0 Å². The van der Waals surface area contributed by atoms with Crippen molar-refractivity contribution in [3.63, 3.8) is 0 Å².